The van der Waals surface area contributed by atoms with Crippen molar-refractivity contribution in [3.8, 4) is 0 Å². The Morgan fingerprint density at radius 2 is 1.96 bits per heavy atom. The fraction of sp³-hybridized carbons (Fsp3) is 0.333. The second kappa shape index (κ2) is 7.88. The van der Waals surface area contributed by atoms with E-state index in [2.05, 4.69) is 4.98 Å². The average molecular weight is 401 g/mol. The highest BCUT2D eigenvalue weighted by Gasteiger charge is 2.32. The number of pyridine rings is 1. The topological polar surface area (TPSA) is 33.2 Å². The van der Waals surface area contributed by atoms with Gasteiger partial charge in [0.25, 0.3) is 5.91 Å². The van der Waals surface area contributed by atoms with Crippen LogP contribution >= 0.6 is 23.4 Å². The lowest BCUT2D eigenvalue weighted by Gasteiger charge is -2.20. The minimum Gasteiger partial charge on any atom is -0.338 e. The Bertz CT molecular complexity index is 783. The molecule has 0 spiro atoms. The maximum Gasteiger partial charge on any atom is 0.433 e. The van der Waals surface area contributed by atoms with Gasteiger partial charge in [0.2, 0.25) is 0 Å². The van der Waals surface area contributed by atoms with E-state index < -0.39 is 11.9 Å². The second-order valence-electron chi connectivity index (χ2n) is 5.89. The van der Waals surface area contributed by atoms with Gasteiger partial charge >= 0.3 is 6.18 Å². The number of hydrogen-bond acceptors (Lipinski definition) is 3. The van der Waals surface area contributed by atoms with Gasteiger partial charge in [-0.15, -0.1) is 0 Å². The first kappa shape index (κ1) is 19.0. The molecular weight excluding hydrogens is 385 g/mol. The van der Waals surface area contributed by atoms with E-state index in [4.69, 9.17) is 11.6 Å². The summed E-state index contributed by atoms with van der Waals surface area (Å²) in [6.45, 7) is 1.05. The van der Waals surface area contributed by atoms with E-state index in [9.17, 15) is 18.0 Å². The highest BCUT2D eigenvalue weighted by Crippen LogP contribution is 2.38. The van der Waals surface area contributed by atoms with Crippen LogP contribution in [0.15, 0.2) is 42.6 Å². The highest BCUT2D eigenvalue weighted by atomic mass is 35.5. The molecule has 1 fully saturated rings. The average Bonchev–Trinajstić information content (AvgIpc) is 2.87. The first-order valence-electron chi connectivity index (χ1n) is 8.05. The summed E-state index contributed by atoms with van der Waals surface area (Å²) in [4.78, 5) is 17.6. The van der Waals surface area contributed by atoms with Crippen LogP contribution in [-0.4, -0.2) is 34.6 Å². The van der Waals surface area contributed by atoms with E-state index in [1.54, 1.807) is 16.7 Å². The predicted octanol–water partition coefficient (Wildman–Crippen LogP) is 5.07. The number of nitrogens with zero attached hydrogens (tertiary/aromatic N) is 2. The Labute approximate surface area is 158 Å². The molecule has 26 heavy (non-hydrogen) atoms. The van der Waals surface area contributed by atoms with Gasteiger partial charge in [-0.05, 0) is 30.2 Å². The molecule has 1 saturated heterocycles. The summed E-state index contributed by atoms with van der Waals surface area (Å²) >= 11 is 7.99. The number of benzene rings is 1. The Kier molecular flexibility index (Phi) is 5.77. The Morgan fingerprint density at radius 3 is 2.62 bits per heavy atom. The number of rotatable bonds is 2. The standard InChI is InChI=1S/C18H16ClF3N2OS/c19-14-4-2-1-3-13(14)15-7-8-24(9-10-26-15)17(25)12-5-6-16(23-11-12)18(20,21)22/h1-6,11,15H,7-10H2/t15-/m0/s1. The number of aromatic nitrogens is 1. The fourth-order valence-electron chi connectivity index (χ4n) is 2.83. The van der Waals surface area contributed by atoms with Crippen LogP contribution < -0.4 is 0 Å². The molecule has 0 bridgehead atoms. The summed E-state index contributed by atoms with van der Waals surface area (Å²) in [5.74, 6) is 0.432. The van der Waals surface area contributed by atoms with Crippen molar-refractivity contribution < 1.29 is 18.0 Å². The molecule has 0 saturated carbocycles. The number of carbonyl (C=O) groups excluding carboxylic acids is 1. The van der Waals surface area contributed by atoms with Crippen molar-refractivity contribution in [2.45, 2.75) is 17.8 Å². The molecule has 1 aliphatic rings. The number of halogens is 4. The van der Waals surface area contributed by atoms with Crippen molar-refractivity contribution in [1.82, 2.24) is 9.88 Å². The van der Waals surface area contributed by atoms with Crippen LogP contribution in [0.4, 0.5) is 13.2 Å². The summed E-state index contributed by atoms with van der Waals surface area (Å²) < 4.78 is 37.8. The monoisotopic (exact) mass is 400 g/mol. The lowest BCUT2D eigenvalue weighted by molar-refractivity contribution is -0.141. The molecule has 0 aliphatic carbocycles. The number of carbonyl (C=O) groups is 1. The molecule has 8 heteroatoms. The number of hydrogen-bond donors (Lipinski definition) is 0. The molecule has 2 heterocycles. The Morgan fingerprint density at radius 1 is 1.19 bits per heavy atom. The molecule has 3 rings (SSSR count). The minimum atomic E-state index is -4.51. The predicted molar refractivity (Wildman–Crippen MR) is 96.4 cm³/mol. The summed E-state index contributed by atoms with van der Waals surface area (Å²) in [5.41, 5.74) is 0.211. The molecule has 1 aliphatic heterocycles. The van der Waals surface area contributed by atoms with Crippen LogP contribution in [0.3, 0.4) is 0 Å². The quantitative estimate of drug-likeness (QED) is 0.705. The van der Waals surface area contributed by atoms with Crippen LogP contribution in [0.1, 0.15) is 33.3 Å². The third-order valence-corrected chi connectivity index (χ3v) is 5.84. The van der Waals surface area contributed by atoms with Crippen LogP contribution in [-0.2, 0) is 6.18 Å². The summed E-state index contributed by atoms with van der Waals surface area (Å²) in [7, 11) is 0. The van der Waals surface area contributed by atoms with Gasteiger partial charge in [0.1, 0.15) is 5.69 Å². The summed E-state index contributed by atoms with van der Waals surface area (Å²) in [6, 6.07) is 9.66. The highest BCUT2D eigenvalue weighted by molar-refractivity contribution is 7.99. The van der Waals surface area contributed by atoms with Crippen LogP contribution in [0.25, 0.3) is 0 Å². The van der Waals surface area contributed by atoms with Crippen molar-refractivity contribution in [2.75, 3.05) is 18.8 Å². The van der Waals surface area contributed by atoms with Gasteiger partial charge < -0.3 is 4.90 Å². The molecule has 1 aromatic heterocycles. The third kappa shape index (κ3) is 4.32. The van der Waals surface area contributed by atoms with E-state index in [0.29, 0.717) is 18.1 Å². The first-order valence-corrected chi connectivity index (χ1v) is 9.47. The van der Waals surface area contributed by atoms with E-state index >= 15 is 0 Å². The van der Waals surface area contributed by atoms with Crippen molar-refractivity contribution in [1.29, 1.82) is 0 Å². The first-order chi connectivity index (χ1) is 12.4. The van der Waals surface area contributed by atoms with Crippen molar-refractivity contribution in [2.24, 2.45) is 0 Å². The number of alkyl halides is 3. The van der Waals surface area contributed by atoms with Gasteiger partial charge in [-0.1, -0.05) is 29.8 Å². The zero-order valence-electron chi connectivity index (χ0n) is 13.7. The number of thioether (sulfide) groups is 1. The Balaban J connectivity index is 1.69. The van der Waals surface area contributed by atoms with Crippen molar-refractivity contribution >= 4 is 29.3 Å². The van der Waals surface area contributed by atoms with Gasteiger partial charge in [0, 0.05) is 35.3 Å². The molecule has 1 aromatic carbocycles. The summed E-state index contributed by atoms with van der Waals surface area (Å²) in [6.07, 6.45) is -2.79. The second-order valence-corrected chi connectivity index (χ2v) is 7.61. The van der Waals surface area contributed by atoms with Crippen LogP contribution in [0.2, 0.25) is 5.02 Å². The molecule has 138 valence electrons. The smallest absolute Gasteiger partial charge is 0.338 e. The molecule has 2 aromatic rings. The maximum atomic E-state index is 12.6. The largest absolute Gasteiger partial charge is 0.433 e. The Hall–Kier alpha value is -1.73. The SMILES string of the molecule is O=C(c1ccc(C(F)(F)F)nc1)N1CCS[C@H](c2ccccc2Cl)CC1. The van der Waals surface area contributed by atoms with Gasteiger partial charge in [-0.2, -0.15) is 24.9 Å². The van der Waals surface area contributed by atoms with E-state index in [0.717, 1.165) is 30.0 Å². The van der Waals surface area contributed by atoms with Gasteiger partial charge in [0.15, 0.2) is 0 Å². The molecule has 1 amide bonds. The van der Waals surface area contributed by atoms with Gasteiger partial charge in [-0.25, -0.2) is 0 Å². The zero-order valence-corrected chi connectivity index (χ0v) is 15.2. The van der Waals surface area contributed by atoms with E-state index in [-0.39, 0.29) is 16.7 Å². The normalized spacial score (nSPS) is 18.5. The molecule has 0 unspecified atom stereocenters. The summed E-state index contributed by atoms with van der Waals surface area (Å²) in [5, 5.41) is 0.893. The lowest BCUT2D eigenvalue weighted by Crippen LogP contribution is -2.33. The molecular formula is C18H16ClF3N2OS. The minimum absolute atomic E-state index is 0.166. The third-order valence-electron chi connectivity index (χ3n) is 4.18. The zero-order chi connectivity index (χ0) is 18.7. The van der Waals surface area contributed by atoms with Crippen molar-refractivity contribution in [3.05, 3.63) is 64.4 Å². The van der Waals surface area contributed by atoms with Crippen LogP contribution in [0.5, 0.6) is 0 Å². The van der Waals surface area contributed by atoms with E-state index in [1.807, 2.05) is 24.3 Å². The van der Waals surface area contributed by atoms with Crippen LogP contribution in [0, 0.1) is 0 Å². The fourth-order valence-corrected chi connectivity index (χ4v) is 4.43. The van der Waals surface area contributed by atoms with Gasteiger partial charge in [0.05, 0.1) is 5.56 Å². The van der Waals surface area contributed by atoms with Gasteiger partial charge in [-0.3, -0.25) is 9.78 Å². The molecule has 0 radical (unpaired) electrons. The molecule has 3 nitrogen and oxygen atoms in total. The van der Waals surface area contributed by atoms with Crippen molar-refractivity contribution in [3.63, 3.8) is 0 Å². The maximum absolute atomic E-state index is 12.6. The van der Waals surface area contributed by atoms with E-state index in [1.165, 1.54) is 6.07 Å². The number of amides is 1. The lowest BCUT2D eigenvalue weighted by atomic mass is 10.1. The molecule has 0 N–H and O–H groups in total. The molecule has 1 atom stereocenters.